The molecule has 0 fully saturated rings. The van der Waals surface area contributed by atoms with Crippen molar-refractivity contribution in [2.75, 3.05) is 14.2 Å². The van der Waals surface area contributed by atoms with Crippen molar-refractivity contribution in [3.8, 4) is 5.75 Å². The first-order chi connectivity index (χ1) is 6.69. The van der Waals surface area contributed by atoms with E-state index in [-0.39, 0.29) is 0 Å². The monoisotopic (exact) mass is 194 g/mol. The highest BCUT2D eigenvalue weighted by Crippen LogP contribution is 2.22. The van der Waals surface area contributed by atoms with E-state index in [9.17, 15) is 0 Å². The van der Waals surface area contributed by atoms with E-state index in [0.717, 1.165) is 16.9 Å². The van der Waals surface area contributed by atoms with Crippen molar-refractivity contribution < 1.29 is 14.0 Å². The maximum absolute atomic E-state index is 5.53. The van der Waals surface area contributed by atoms with Crippen LogP contribution in [0.2, 0.25) is 0 Å². The molecule has 14 heavy (non-hydrogen) atoms. The highest BCUT2D eigenvalue weighted by Gasteiger charge is 2.21. The van der Waals surface area contributed by atoms with Gasteiger partial charge in [-0.3, -0.25) is 0 Å². The minimum Gasteiger partial charge on any atom is -0.511 e. The number of hydrogen-bond acceptors (Lipinski definition) is 3. The van der Waals surface area contributed by atoms with E-state index in [2.05, 4.69) is 0 Å². The minimum atomic E-state index is -0.644. The molecule has 0 aliphatic rings. The predicted molar refractivity (Wildman–Crippen MR) is 56.3 cm³/mol. The molecule has 0 bridgehead atoms. The van der Waals surface area contributed by atoms with Gasteiger partial charge in [0.25, 0.3) is 0 Å². The Hall–Kier alpha value is -0.995. The Labute approximate surface area is 85.2 Å². The summed E-state index contributed by atoms with van der Waals surface area (Å²) in [5.41, 5.74) is 2.15. The molecule has 1 aromatic rings. The first-order valence-electron chi connectivity index (χ1n) is 4.47. The fourth-order valence-electron chi connectivity index (χ4n) is 1.27. The molecule has 0 amide bonds. The summed E-state index contributed by atoms with van der Waals surface area (Å²) in [5.74, 6) is 0.821. The second kappa shape index (κ2) is 5.03. The highest BCUT2D eigenvalue weighted by molar-refractivity contribution is 6.37. The van der Waals surface area contributed by atoms with Crippen molar-refractivity contribution in [2.24, 2.45) is 0 Å². The van der Waals surface area contributed by atoms with E-state index < -0.39 is 7.32 Å². The minimum absolute atomic E-state index is 0.644. The fraction of sp³-hybridized carbons (Fsp3) is 0.400. The molecule has 0 atom stereocenters. The smallest absolute Gasteiger partial charge is 0.511 e. The molecule has 0 saturated carbocycles. The molecule has 0 heterocycles. The number of rotatable bonds is 4. The molecule has 0 saturated heterocycles. The zero-order chi connectivity index (χ0) is 10.6. The van der Waals surface area contributed by atoms with Gasteiger partial charge in [0, 0.05) is 14.2 Å². The van der Waals surface area contributed by atoms with Gasteiger partial charge in [-0.1, -0.05) is 18.2 Å². The molecule has 0 aliphatic carbocycles. The summed E-state index contributed by atoms with van der Waals surface area (Å²) in [6.07, 6.45) is 0. The van der Waals surface area contributed by atoms with E-state index in [0.29, 0.717) is 0 Å². The Balaban J connectivity index is 2.84. The summed E-state index contributed by atoms with van der Waals surface area (Å²) in [7, 11) is 2.44. The molecule has 4 heteroatoms. The van der Waals surface area contributed by atoms with E-state index in [1.807, 2.05) is 32.0 Å². The van der Waals surface area contributed by atoms with Crippen LogP contribution in [0, 0.1) is 13.8 Å². The molecule has 0 aliphatic heterocycles. The van der Waals surface area contributed by atoms with Crippen LogP contribution in [-0.4, -0.2) is 21.5 Å². The van der Waals surface area contributed by atoms with E-state index in [1.54, 1.807) is 14.2 Å². The van der Waals surface area contributed by atoms with E-state index >= 15 is 0 Å². The summed E-state index contributed by atoms with van der Waals surface area (Å²) in [6.45, 7) is 3.98. The second-order valence-corrected chi connectivity index (χ2v) is 3.10. The summed E-state index contributed by atoms with van der Waals surface area (Å²) >= 11 is 0. The third kappa shape index (κ3) is 2.50. The molecule has 0 spiro atoms. The maximum atomic E-state index is 5.53. The average Bonchev–Trinajstić information content (AvgIpc) is 2.18. The zero-order valence-electron chi connectivity index (χ0n) is 9.03. The van der Waals surface area contributed by atoms with Gasteiger partial charge in [-0.15, -0.1) is 0 Å². The van der Waals surface area contributed by atoms with Crippen LogP contribution in [-0.2, 0) is 9.31 Å². The van der Waals surface area contributed by atoms with Crippen molar-refractivity contribution in [3.05, 3.63) is 29.3 Å². The van der Waals surface area contributed by atoms with Crippen LogP contribution in [0.1, 0.15) is 11.1 Å². The first kappa shape index (κ1) is 11.1. The van der Waals surface area contributed by atoms with Crippen LogP contribution in [0.3, 0.4) is 0 Å². The topological polar surface area (TPSA) is 27.7 Å². The van der Waals surface area contributed by atoms with Crippen LogP contribution in [0.15, 0.2) is 18.2 Å². The van der Waals surface area contributed by atoms with Gasteiger partial charge in [0.1, 0.15) is 5.75 Å². The van der Waals surface area contributed by atoms with Gasteiger partial charge in [-0.2, -0.15) is 0 Å². The van der Waals surface area contributed by atoms with Gasteiger partial charge >= 0.3 is 7.32 Å². The van der Waals surface area contributed by atoms with Crippen molar-refractivity contribution in [3.63, 3.8) is 0 Å². The van der Waals surface area contributed by atoms with Crippen molar-refractivity contribution in [1.82, 2.24) is 0 Å². The standard InChI is InChI=1S/C10H15BO3/c1-8-6-5-7-9(2)10(8)14-11(12-3)13-4/h5-7H,1-4H3. The van der Waals surface area contributed by atoms with Gasteiger partial charge in [0.05, 0.1) is 0 Å². The molecule has 0 N–H and O–H groups in total. The van der Waals surface area contributed by atoms with Gasteiger partial charge in [-0.05, 0) is 25.0 Å². The largest absolute Gasteiger partial charge is 0.712 e. The number of para-hydroxylation sites is 1. The van der Waals surface area contributed by atoms with E-state index in [4.69, 9.17) is 14.0 Å². The maximum Gasteiger partial charge on any atom is 0.712 e. The van der Waals surface area contributed by atoms with Gasteiger partial charge in [0.15, 0.2) is 0 Å². The third-order valence-corrected chi connectivity index (χ3v) is 2.01. The lowest BCUT2D eigenvalue weighted by atomic mass is 10.1. The van der Waals surface area contributed by atoms with Crippen LogP contribution >= 0.6 is 0 Å². The highest BCUT2D eigenvalue weighted by atomic mass is 16.7. The zero-order valence-corrected chi connectivity index (χ0v) is 9.03. The molecule has 1 aromatic carbocycles. The van der Waals surface area contributed by atoms with Gasteiger partial charge < -0.3 is 14.0 Å². The predicted octanol–water partition coefficient (Wildman–Crippen LogP) is 1.96. The molecule has 1 rings (SSSR count). The molecule has 0 unspecified atom stereocenters. The number of benzene rings is 1. The van der Waals surface area contributed by atoms with Gasteiger partial charge in [0.2, 0.25) is 0 Å². The number of hydrogen-bond donors (Lipinski definition) is 0. The Morgan fingerprint density at radius 1 is 1.00 bits per heavy atom. The van der Waals surface area contributed by atoms with Gasteiger partial charge in [-0.25, -0.2) is 0 Å². The Morgan fingerprint density at radius 2 is 1.50 bits per heavy atom. The lowest BCUT2D eigenvalue weighted by Gasteiger charge is -2.14. The summed E-state index contributed by atoms with van der Waals surface area (Å²) in [5, 5.41) is 0. The lowest BCUT2D eigenvalue weighted by Crippen LogP contribution is -2.28. The summed E-state index contributed by atoms with van der Waals surface area (Å²) < 4.78 is 15.5. The molecule has 76 valence electrons. The van der Waals surface area contributed by atoms with Crippen LogP contribution < -0.4 is 4.65 Å². The SMILES string of the molecule is COB(OC)Oc1c(C)cccc1C. The molecule has 0 radical (unpaired) electrons. The quantitative estimate of drug-likeness (QED) is 0.685. The normalized spacial score (nSPS) is 10.0. The fourth-order valence-corrected chi connectivity index (χ4v) is 1.27. The third-order valence-electron chi connectivity index (χ3n) is 2.01. The molecule has 0 aromatic heterocycles. The van der Waals surface area contributed by atoms with E-state index in [1.165, 1.54) is 0 Å². The first-order valence-corrected chi connectivity index (χ1v) is 4.47. The van der Waals surface area contributed by atoms with Crippen LogP contribution in [0.25, 0.3) is 0 Å². The van der Waals surface area contributed by atoms with Crippen molar-refractivity contribution >= 4 is 7.32 Å². The second-order valence-electron chi connectivity index (χ2n) is 3.10. The Morgan fingerprint density at radius 3 is 1.93 bits per heavy atom. The summed E-state index contributed by atoms with van der Waals surface area (Å²) in [6, 6.07) is 5.97. The lowest BCUT2D eigenvalue weighted by molar-refractivity contribution is 0.201. The molecule has 3 nitrogen and oxygen atoms in total. The van der Waals surface area contributed by atoms with Crippen molar-refractivity contribution in [1.29, 1.82) is 0 Å². The molecular formula is C10H15BO3. The van der Waals surface area contributed by atoms with Crippen LogP contribution in [0.4, 0.5) is 0 Å². The van der Waals surface area contributed by atoms with Crippen LogP contribution in [0.5, 0.6) is 5.75 Å². The summed E-state index contributed by atoms with van der Waals surface area (Å²) in [4.78, 5) is 0. The van der Waals surface area contributed by atoms with Crippen molar-refractivity contribution in [2.45, 2.75) is 13.8 Å². The Bertz CT molecular complexity index is 277. The average molecular weight is 194 g/mol. The number of aryl methyl sites for hydroxylation is 2. The molecular weight excluding hydrogens is 179 g/mol. The Kier molecular flexibility index (Phi) is 3.98.